The van der Waals surface area contributed by atoms with Gasteiger partial charge in [0.1, 0.15) is 5.75 Å². The van der Waals surface area contributed by atoms with Crippen LogP contribution in [-0.2, 0) is 0 Å². The summed E-state index contributed by atoms with van der Waals surface area (Å²) in [5, 5.41) is 9.94. The Labute approximate surface area is 109 Å². The van der Waals surface area contributed by atoms with Gasteiger partial charge in [-0.2, -0.15) is 0 Å². The number of hydrogen-bond acceptors (Lipinski definition) is 2. The molecular formula is C16H21NO. The fourth-order valence-corrected chi connectivity index (χ4v) is 3.31. The molecule has 2 fully saturated rings. The van der Waals surface area contributed by atoms with Crippen molar-refractivity contribution in [1.29, 1.82) is 0 Å². The van der Waals surface area contributed by atoms with Crippen LogP contribution in [0.15, 0.2) is 23.2 Å². The van der Waals surface area contributed by atoms with E-state index in [0.29, 0.717) is 11.8 Å². The van der Waals surface area contributed by atoms with E-state index in [0.717, 1.165) is 23.0 Å². The smallest absolute Gasteiger partial charge is 0.127 e. The maximum Gasteiger partial charge on any atom is 0.127 e. The number of benzene rings is 1. The quantitative estimate of drug-likeness (QED) is 0.789. The molecule has 0 saturated heterocycles. The molecule has 1 aromatic rings. The molecule has 2 aliphatic rings. The fraction of sp³-hybridized carbons (Fsp3) is 0.562. The van der Waals surface area contributed by atoms with Gasteiger partial charge in [-0.3, -0.25) is 4.99 Å². The highest BCUT2D eigenvalue weighted by Crippen LogP contribution is 2.45. The standard InChI is InChI=1S/C16H21NO/c1-11-3-2-4-14(16(11)18)10-17-15-8-7-12-5-6-13(12)9-15/h2-4,10,12-13,15,18H,5-9H2,1H3. The largest absolute Gasteiger partial charge is 0.507 e. The molecule has 1 N–H and O–H groups in total. The van der Waals surface area contributed by atoms with Gasteiger partial charge in [-0.25, -0.2) is 0 Å². The molecule has 3 unspecified atom stereocenters. The van der Waals surface area contributed by atoms with Crippen molar-refractivity contribution in [3.63, 3.8) is 0 Å². The third-order valence-electron chi connectivity index (χ3n) is 4.71. The van der Waals surface area contributed by atoms with Gasteiger partial charge in [0.05, 0.1) is 6.04 Å². The molecule has 0 bridgehead atoms. The van der Waals surface area contributed by atoms with Crippen molar-refractivity contribution in [3.05, 3.63) is 29.3 Å². The molecule has 2 saturated carbocycles. The van der Waals surface area contributed by atoms with Crippen LogP contribution in [0.1, 0.15) is 43.2 Å². The Kier molecular flexibility index (Phi) is 3.11. The van der Waals surface area contributed by atoms with Gasteiger partial charge >= 0.3 is 0 Å². The SMILES string of the molecule is Cc1cccc(C=NC2CCC3CCC3C2)c1O. The molecule has 3 rings (SSSR count). The maximum absolute atomic E-state index is 9.94. The van der Waals surface area contributed by atoms with E-state index in [1.165, 1.54) is 32.1 Å². The van der Waals surface area contributed by atoms with E-state index in [-0.39, 0.29) is 0 Å². The van der Waals surface area contributed by atoms with Gasteiger partial charge in [-0.15, -0.1) is 0 Å². The molecule has 2 aliphatic carbocycles. The predicted octanol–water partition coefficient (Wildman–Crippen LogP) is 3.70. The number of aliphatic imine (C=N–C) groups is 1. The molecular weight excluding hydrogens is 222 g/mol. The summed E-state index contributed by atoms with van der Waals surface area (Å²) >= 11 is 0. The third kappa shape index (κ3) is 2.16. The molecule has 1 aromatic carbocycles. The minimum absolute atomic E-state index is 0.374. The highest BCUT2D eigenvalue weighted by atomic mass is 16.3. The predicted molar refractivity (Wildman–Crippen MR) is 74.3 cm³/mol. The van der Waals surface area contributed by atoms with Gasteiger partial charge in [0.25, 0.3) is 0 Å². The molecule has 0 aliphatic heterocycles. The lowest BCUT2D eigenvalue weighted by atomic mass is 9.64. The van der Waals surface area contributed by atoms with Crippen molar-refractivity contribution in [2.24, 2.45) is 16.8 Å². The molecule has 0 spiro atoms. The highest BCUT2D eigenvalue weighted by molar-refractivity contribution is 5.84. The summed E-state index contributed by atoms with van der Waals surface area (Å²) in [6.07, 6.45) is 8.56. The molecule has 0 amide bonds. The average Bonchev–Trinajstić information content (AvgIpc) is 2.34. The number of phenols is 1. The van der Waals surface area contributed by atoms with Crippen LogP contribution < -0.4 is 0 Å². The Morgan fingerprint density at radius 1 is 1.17 bits per heavy atom. The van der Waals surface area contributed by atoms with E-state index in [2.05, 4.69) is 4.99 Å². The Morgan fingerprint density at radius 3 is 2.67 bits per heavy atom. The van der Waals surface area contributed by atoms with Gasteiger partial charge in [-0.05, 0) is 62.5 Å². The van der Waals surface area contributed by atoms with E-state index in [4.69, 9.17) is 0 Å². The van der Waals surface area contributed by atoms with E-state index in [9.17, 15) is 5.11 Å². The minimum Gasteiger partial charge on any atom is -0.507 e. The van der Waals surface area contributed by atoms with Gasteiger partial charge in [0.2, 0.25) is 0 Å². The monoisotopic (exact) mass is 243 g/mol. The summed E-state index contributed by atoms with van der Waals surface area (Å²) in [7, 11) is 0. The van der Waals surface area contributed by atoms with Crippen LogP contribution in [-0.4, -0.2) is 17.4 Å². The van der Waals surface area contributed by atoms with E-state index < -0.39 is 0 Å². The van der Waals surface area contributed by atoms with Crippen molar-refractivity contribution in [1.82, 2.24) is 0 Å². The lowest BCUT2D eigenvalue weighted by molar-refractivity contribution is 0.104. The molecule has 0 aromatic heterocycles. The molecule has 3 atom stereocenters. The second-order valence-corrected chi connectivity index (χ2v) is 5.86. The average molecular weight is 243 g/mol. The van der Waals surface area contributed by atoms with Crippen LogP contribution >= 0.6 is 0 Å². The second-order valence-electron chi connectivity index (χ2n) is 5.86. The number of aryl methyl sites for hydroxylation is 1. The van der Waals surface area contributed by atoms with Crippen LogP contribution in [0.4, 0.5) is 0 Å². The summed E-state index contributed by atoms with van der Waals surface area (Å²) in [5.74, 6) is 2.31. The topological polar surface area (TPSA) is 32.6 Å². The molecule has 2 heteroatoms. The zero-order chi connectivity index (χ0) is 12.5. The van der Waals surface area contributed by atoms with Gasteiger partial charge in [0.15, 0.2) is 0 Å². The number of hydrogen-bond donors (Lipinski definition) is 1. The lowest BCUT2D eigenvalue weighted by Crippen LogP contribution is -2.34. The number of rotatable bonds is 2. The van der Waals surface area contributed by atoms with Crippen LogP contribution in [0.25, 0.3) is 0 Å². The number of fused-ring (bicyclic) bond motifs is 1. The van der Waals surface area contributed by atoms with Crippen LogP contribution in [0.3, 0.4) is 0 Å². The minimum atomic E-state index is 0.374. The van der Waals surface area contributed by atoms with E-state index in [1.807, 2.05) is 31.3 Å². The highest BCUT2D eigenvalue weighted by Gasteiger charge is 2.36. The van der Waals surface area contributed by atoms with E-state index in [1.54, 1.807) is 0 Å². The number of aromatic hydroxyl groups is 1. The van der Waals surface area contributed by atoms with Crippen LogP contribution in [0.2, 0.25) is 0 Å². The Hall–Kier alpha value is -1.31. The first-order valence-electron chi connectivity index (χ1n) is 7.06. The number of phenolic OH excluding ortho intramolecular Hbond substituents is 1. The zero-order valence-electron chi connectivity index (χ0n) is 11.0. The summed E-state index contributed by atoms with van der Waals surface area (Å²) in [6.45, 7) is 1.92. The molecule has 0 radical (unpaired) electrons. The molecule has 18 heavy (non-hydrogen) atoms. The van der Waals surface area contributed by atoms with Crippen molar-refractivity contribution < 1.29 is 5.11 Å². The van der Waals surface area contributed by atoms with Crippen molar-refractivity contribution in [3.8, 4) is 5.75 Å². The van der Waals surface area contributed by atoms with Crippen LogP contribution in [0.5, 0.6) is 5.75 Å². The second kappa shape index (κ2) is 4.75. The molecule has 96 valence electrons. The fourth-order valence-electron chi connectivity index (χ4n) is 3.31. The maximum atomic E-state index is 9.94. The molecule has 0 heterocycles. The Bertz CT molecular complexity index is 466. The van der Waals surface area contributed by atoms with Gasteiger partial charge < -0.3 is 5.11 Å². The van der Waals surface area contributed by atoms with Crippen molar-refractivity contribution in [2.75, 3.05) is 0 Å². The van der Waals surface area contributed by atoms with Crippen LogP contribution in [0, 0.1) is 18.8 Å². The zero-order valence-corrected chi connectivity index (χ0v) is 11.0. The number of para-hydroxylation sites is 1. The van der Waals surface area contributed by atoms with Crippen molar-refractivity contribution >= 4 is 6.21 Å². The summed E-state index contributed by atoms with van der Waals surface area (Å²) in [6, 6.07) is 6.30. The Morgan fingerprint density at radius 2 is 1.94 bits per heavy atom. The summed E-state index contributed by atoms with van der Waals surface area (Å²) < 4.78 is 0. The summed E-state index contributed by atoms with van der Waals surface area (Å²) in [4.78, 5) is 4.69. The first-order valence-corrected chi connectivity index (χ1v) is 7.06. The normalized spacial score (nSPS) is 31.1. The van der Waals surface area contributed by atoms with Gasteiger partial charge in [-0.1, -0.05) is 12.1 Å². The lowest BCUT2D eigenvalue weighted by Gasteiger charge is -2.42. The van der Waals surface area contributed by atoms with Gasteiger partial charge in [0, 0.05) is 11.8 Å². The van der Waals surface area contributed by atoms with Crippen molar-refractivity contribution in [2.45, 2.75) is 45.1 Å². The number of nitrogens with zero attached hydrogens (tertiary/aromatic N) is 1. The van der Waals surface area contributed by atoms with E-state index >= 15 is 0 Å². The molecule has 2 nitrogen and oxygen atoms in total. The summed E-state index contributed by atoms with van der Waals surface area (Å²) in [5.41, 5.74) is 1.77. The third-order valence-corrected chi connectivity index (χ3v) is 4.71. The first kappa shape index (κ1) is 11.8. The first-order chi connectivity index (χ1) is 8.74. The Balaban J connectivity index is 1.68.